The monoisotopic (exact) mass is 420 g/mol. The molecule has 5 nitrogen and oxygen atoms in total. The highest BCUT2D eigenvalue weighted by Gasteiger charge is 2.51. The van der Waals surface area contributed by atoms with E-state index >= 15 is 0 Å². The fourth-order valence-corrected chi connectivity index (χ4v) is 5.86. The number of carbonyl (C=O) groups excluding carboxylic acids is 1. The molecule has 0 unspecified atom stereocenters. The third-order valence-electron chi connectivity index (χ3n) is 6.35. The molecule has 4 rings (SSSR count). The number of aryl methyl sites for hydroxylation is 1. The van der Waals surface area contributed by atoms with Crippen molar-refractivity contribution >= 4 is 28.2 Å². The number of allylic oxidation sites excluding steroid dienone is 2. The molecule has 2 N–H and O–H groups in total. The molecule has 1 heterocycles. The highest BCUT2D eigenvalue weighted by molar-refractivity contribution is 7.17. The number of hydrogen-bond acceptors (Lipinski definition) is 4. The first-order chi connectivity index (χ1) is 14.3. The van der Waals surface area contributed by atoms with Crippen LogP contribution in [0.1, 0.15) is 42.2 Å². The fourth-order valence-electron chi connectivity index (χ4n) is 4.83. The van der Waals surface area contributed by atoms with Crippen LogP contribution in [0.15, 0.2) is 36.4 Å². The van der Waals surface area contributed by atoms with Crippen molar-refractivity contribution in [2.75, 3.05) is 5.32 Å². The zero-order chi connectivity index (χ0) is 21.6. The number of thiophene rings is 1. The van der Waals surface area contributed by atoms with Crippen LogP contribution in [-0.4, -0.2) is 17.0 Å². The molecule has 1 aromatic heterocycles. The summed E-state index contributed by atoms with van der Waals surface area (Å²) >= 11 is 1.37. The normalized spacial score (nSPS) is 24.2. The Labute approximate surface area is 180 Å². The van der Waals surface area contributed by atoms with E-state index in [0.29, 0.717) is 22.9 Å². The van der Waals surface area contributed by atoms with E-state index in [1.807, 2.05) is 31.2 Å². The van der Waals surface area contributed by atoms with Gasteiger partial charge >= 0.3 is 5.97 Å². The Morgan fingerprint density at radius 2 is 1.80 bits per heavy atom. The molecule has 154 valence electrons. The van der Waals surface area contributed by atoms with E-state index < -0.39 is 17.8 Å². The van der Waals surface area contributed by atoms with E-state index in [0.717, 1.165) is 16.0 Å². The van der Waals surface area contributed by atoms with Crippen LogP contribution in [0.4, 0.5) is 5.00 Å². The molecule has 2 aliphatic rings. The number of nitrogens with zero attached hydrogens (tertiary/aromatic N) is 1. The summed E-state index contributed by atoms with van der Waals surface area (Å²) in [5.74, 6) is -2.25. The van der Waals surface area contributed by atoms with Gasteiger partial charge in [-0.1, -0.05) is 50.3 Å². The minimum atomic E-state index is -0.930. The molecule has 30 heavy (non-hydrogen) atoms. The van der Waals surface area contributed by atoms with Crippen LogP contribution in [0.5, 0.6) is 0 Å². The summed E-state index contributed by atoms with van der Waals surface area (Å²) in [4.78, 5) is 25.7. The lowest BCUT2D eigenvalue weighted by molar-refractivity contribution is -0.146. The second kappa shape index (κ2) is 7.73. The van der Waals surface area contributed by atoms with Crippen LogP contribution in [-0.2, 0) is 9.59 Å². The van der Waals surface area contributed by atoms with E-state index in [2.05, 4.69) is 37.4 Å². The average Bonchev–Trinajstić information content (AvgIpc) is 3.40. The first-order valence-electron chi connectivity index (χ1n) is 10.2. The summed E-state index contributed by atoms with van der Waals surface area (Å²) in [5.41, 5.74) is 3.43. The first kappa shape index (κ1) is 20.4. The van der Waals surface area contributed by atoms with Gasteiger partial charge in [-0.2, -0.15) is 5.26 Å². The number of nitrogens with one attached hydrogen (secondary N) is 1. The molecule has 0 radical (unpaired) electrons. The summed E-state index contributed by atoms with van der Waals surface area (Å²) in [5, 5.41) is 22.8. The Kier molecular flexibility index (Phi) is 5.25. The number of fused-ring (bicyclic) bond motifs is 2. The summed E-state index contributed by atoms with van der Waals surface area (Å²) < 4.78 is 0. The van der Waals surface area contributed by atoms with Crippen molar-refractivity contribution in [2.24, 2.45) is 23.7 Å². The zero-order valence-electron chi connectivity index (χ0n) is 17.2. The topological polar surface area (TPSA) is 90.2 Å². The fraction of sp³-hybridized carbons (Fsp3) is 0.375. The predicted molar refractivity (Wildman–Crippen MR) is 117 cm³/mol. The van der Waals surface area contributed by atoms with Crippen LogP contribution in [0.3, 0.4) is 0 Å². The van der Waals surface area contributed by atoms with Crippen molar-refractivity contribution in [3.05, 3.63) is 52.4 Å². The molecule has 1 saturated carbocycles. The predicted octanol–water partition coefficient (Wildman–Crippen LogP) is 5.18. The number of carboxylic acids is 1. The van der Waals surface area contributed by atoms with Gasteiger partial charge in [0, 0.05) is 10.4 Å². The lowest BCUT2D eigenvalue weighted by Crippen LogP contribution is -2.36. The van der Waals surface area contributed by atoms with Crippen molar-refractivity contribution < 1.29 is 14.7 Å². The van der Waals surface area contributed by atoms with Crippen molar-refractivity contribution in [2.45, 2.75) is 33.1 Å². The number of rotatable bonds is 5. The number of amides is 1. The largest absolute Gasteiger partial charge is 0.481 e. The van der Waals surface area contributed by atoms with Gasteiger partial charge in [-0.15, -0.1) is 11.3 Å². The summed E-state index contributed by atoms with van der Waals surface area (Å²) in [6.07, 6.45) is 4.58. The summed E-state index contributed by atoms with van der Waals surface area (Å²) in [6, 6.07) is 10.4. The molecular weight excluding hydrogens is 396 g/mol. The third kappa shape index (κ3) is 3.33. The molecule has 6 heteroatoms. The molecule has 2 bridgehead atoms. The van der Waals surface area contributed by atoms with Gasteiger partial charge in [0.25, 0.3) is 0 Å². The third-order valence-corrected chi connectivity index (χ3v) is 7.37. The van der Waals surface area contributed by atoms with Gasteiger partial charge in [-0.25, -0.2) is 0 Å². The average molecular weight is 421 g/mol. The van der Waals surface area contributed by atoms with E-state index in [1.165, 1.54) is 16.9 Å². The number of hydrogen-bond donors (Lipinski definition) is 2. The summed E-state index contributed by atoms with van der Waals surface area (Å²) in [7, 11) is 0. The number of anilines is 1. The van der Waals surface area contributed by atoms with Crippen LogP contribution in [0.2, 0.25) is 0 Å². The maximum absolute atomic E-state index is 13.1. The zero-order valence-corrected chi connectivity index (χ0v) is 18.0. The lowest BCUT2D eigenvalue weighted by Gasteiger charge is -2.23. The van der Waals surface area contributed by atoms with Crippen LogP contribution >= 0.6 is 11.3 Å². The van der Waals surface area contributed by atoms with E-state index in [4.69, 9.17) is 0 Å². The first-order valence-corrected chi connectivity index (χ1v) is 11.0. The smallest absolute Gasteiger partial charge is 0.307 e. The van der Waals surface area contributed by atoms with E-state index in [1.54, 1.807) is 0 Å². The second-order valence-corrected chi connectivity index (χ2v) is 9.68. The van der Waals surface area contributed by atoms with Gasteiger partial charge in [0.15, 0.2) is 0 Å². The molecule has 2 aromatic rings. The highest BCUT2D eigenvalue weighted by atomic mass is 32.1. The SMILES string of the molecule is Cc1sc(NC(=O)[C@@H]2[C@@H](C(=O)O)[C@H]3C=C[C@@H]2C3)c(C#N)c1-c1ccc(C(C)C)cc1. The second-order valence-electron chi connectivity index (χ2n) is 8.45. The Balaban J connectivity index is 1.64. The van der Waals surface area contributed by atoms with E-state index in [9.17, 15) is 20.0 Å². The maximum atomic E-state index is 13.1. The molecule has 0 aliphatic heterocycles. The van der Waals surface area contributed by atoms with Gasteiger partial charge in [0.2, 0.25) is 5.91 Å². The van der Waals surface area contributed by atoms with Gasteiger partial charge in [-0.3, -0.25) is 9.59 Å². The highest BCUT2D eigenvalue weighted by Crippen LogP contribution is 2.49. The Hall–Kier alpha value is -2.91. The van der Waals surface area contributed by atoms with Crippen molar-refractivity contribution in [3.8, 4) is 17.2 Å². The van der Waals surface area contributed by atoms with Crippen LogP contribution in [0.25, 0.3) is 11.1 Å². The minimum absolute atomic E-state index is 0.0502. The number of aliphatic carboxylic acids is 1. The molecule has 1 aromatic carbocycles. The number of carboxylic acid groups (broad SMARTS) is 1. The summed E-state index contributed by atoms with van der Waals surface area (Å²) in [6.45, 7) is 6.20. The lowest BCUT2D eigenvalue weighted by atomic mass is 9.82. The van der Waals surface area contributed by atoms with Crippen molar-refractivity contribution in [1.82, 2.24) is 0 Å². The Bertz CT molecular complexity index is 1080. The van der Waals surface area contributed by atoms with Crippen molar-refractivity contribution in [1.29, 1.82) is 5.26 Å². The molecule has 0 saturated heterocycles. The number of nitriles is 1. The van der Waals surface area contributed by atoms with Gasteiger partial charge in [0.1, 0.15) is 11.1 Å². The Morgan fingerprint density at radius 3 is 2.37 bits per heavy atom. The van der Waals surface area contributed by atoms with Crippen LogP contribution < -0.4 is 5.32 Å². The standard InChI is InChI=1S/C24H24N2O3S/c1-12(2)14-4-6-15(7-5-14)19-13(3)30-23(18(19)11-25)26-22(27)20-16-8-9-17(10-16)21(20)24(28)29/h4-9,12,16-17,20-21H,10H2,1-3H3,(H,26,27)(H,28,29)/t16-,17+,20+,21+/m1/s1. The quantitative estimate of drug-likeness (QED) is 0.652. The maximum Gasteiger partial charge on any atom is 0.307 e. The molecule has 1 amide bonds. The molecular formula is C24H24N2O3S. The van der Waals surface area contributed by atoms with Gasteiger partial charge < -0.3 is 10.4 Å². The van der Waals surface area contributed by atoms with Crippen LogP contribution in [0, 0.1) is 41.9 Å². The Morgan fingerprint density at radius 1 is 1.17 bits per heavy atom. The molecule has 1 fully saturated rings. The van der Waals surface area contributed by atoms with E-state index in [-0.39, 0.29) is 17.7 Å². The van der Waals surface area contributed by atoms with Crippen molar-refractivity contribution in [3.63, 3.8) is 0 Å². The number of carbonyl (C=O) groups is 2. The molecule has 2 aliphatic carbocycles. The number of benzene rings is 1. The molecule has 0 spiro atoms. The van der Waals surface area contributed by atoms with Gasteiger partial charge in [0.05, 0.1) is 17.4 Å². The minimum Gasteiger partial charge on any atom is -0.481 e. The van der Waals surface area contributed by atoms with Gasteiger partial charge in [-0.05, 0) is 42.2 Å². The molecule has 4 atom stereocenters.